The molecule has 2 N–H and O–H groups in total. The predicted octanol–water partition coefficient (Wildman–Crippen LogP) is 4.59. The summed E-state index contributed by atoms with van der Waals surface area (Å²) in [6, 6.07) is 25.7. The SMILES string of the molecule is COc1ccc2c(c1)[C@@](O)([C@H](C)/C=C/CCn1cc(C(CO)c3ccccc3)nn1)C(=O)N2Cc1cccc(-n2cccc(OC)c2=O)c1. The van der Waals surface area contributed by atoms with Gasteiger partial charge < -0.3 is 24.6 Å². The largest absolute Gasteiger partial charge is 0.497 e. The predicted molar refractivity (Wildman–Crippen MR) is 185 cm³/mol. The number of carbonyl (C=O) groups excluding carboxylic acids is 1. The van der Waals surface area contributed by atoms with Gasteiger partial charge in [-0.2, -0.15) is 0 Å². The number of nitrogens with zero attached hydrogens (tertiary/aromatic N) is 5. The zero-order chi connectivity index (χ0) is 34.5. The molecule has 0 aliphatic carbocycles. The van der Waals surface area contributed by atoms with E-state index in [1.807, 2.05) is 79.9 Å². The summed E-state index contributed by atoms with van der Waals surface area (Å²) in [6.45, 7) is 2.44. The van der Waals surface area contributed by atoms with Crippen molar-refractivity contribution in [1.82, 2.24) is 19.6 Å². The number of aliphatic hydroxyl groups is 2. The number of hydrogen-bond acceptors (Lipinski definition) is 8. The summed E-state index contributed by atoms with van der Waals surface area (Å²) < 4.78 is 13.9. The van der Waals surface area contributed by atoms with Crippen LogP contribution in [-0.4, -0.2) is 56.5 Å². The summed E-state index contributed by atoms with van der Waals surface area (Å²) in [4.78, 5) is 28.6. The molecule has 0 saturated carbocycles. The molecule has 3 heterocycles. The second kappa shape index (κ2) is 14.3. The third kappa shape index (κ3) is 6.50. The van der Waals surface area contributed by atoms with Crippen LogP contribution in [0.25, 0.3) is 5.69 Å². The first kappa shape index (κ1) is 33.4. The molecule has 0 spiro atoms. The molecule has 0 fully saturated rings. The first-order valence-corrected chi connectivity index (χ1v) is 16.1. The van der Waals surface area contributed by atoms with E-state index in [1.165, 1.54) is 11.7 Å². The fraction of sp³-hybridized carbons (Fsp3) is 0.263. The van der Waals surface area contributed by atoms with Crippen molar-refractivity contribution in [3.63, 3.8) is 0 Å². The van der Waals surface area contributed by atoms with Gasteiger partial charge in [0.05, 0.1) is 44.7 Å². The Morgan fingerprint density at radius 3 is 2.53 bits per heavy atom. The molecule has 1 unspecified atom stereocenters. The summed E-state index contributed by atoms with van der Waals surface area (Å²) in [6.07, 6.45) is 7.85. The second-order valence-corrected chi connectivity index (χ2v) is 12.0. The minimum absolute atomic E-state index is 0.0796. The minimum Gasteiger partial charge on any atom is -0.497 e. The molecule has 11 nitrogen and oxygen atoms in total. The van der Waals surface area contributed by atoms with Gasteiger partial charge in [-0.1, -0.05) is 66.8 Å². The summed E-state index contributed by atoms with van der Waals surface area (Å²) in [5.74, 6) is -0.544. The van der Waals surface area contributed by atoms with Crippen molar-refractivity contribution in [2.45, 2.75) is 38.0 Å². The van der Waals surface area contributed by atoms with Crippen LogP contribution in [0.1, 0.15) is 41.6 Å². The molecule has 6 rings (SSSR count). The third-order valence-electron chi connectivity index (χ3n) is 9.04. The Morgan fingerprint density at radius 2 is 1.78 bits per heavy atom. The number of fused-ring (bicyclic) bond motifs is 1. The average Bonchev–Trinajstić information content (AvgIpc) is 3.68. The number of ether oxygens (including phenoxy) is 2. The average molecular weight is 662 g/mol. The van der Waals surface area contributed by atoms with Crippen LogP contribution in [0.15, 0.2) is 114 Å². The number of aryl methyl sites for hydroxylation is 1. The Morgan fingerprint density at radius 1 is 0.959 bits per heavy atom. The van der Waals surface area contributed by atoms with Crippen molar-refractivity contribution in [2.75, 3.05) is 25.7 Å². The number of carbonyl (C=O) groups is 1. The van der Waals surface area contributed by atoms with Gasteiger partial charge >= 0.3 is 0 Å². The second-order valence-electron chi connectivity index (χ2n) is 12.0. The molecule has 5 aromatic rings. The van der Waals surface area contributed by atoms with Crippen LogP contribution in [-0.2, 0) is 23.5 Å². The number of allylic oxidation sites excluding steroid dienone is 1. The lowest BCUT2D eigenvalue weighted by Gasteiger charge is -2.28. The molecule has 1 aliphatic heterocycles. The minimum atomic E-state index is -1.84. The Bertz CT molecular complexity index is 2020. The highest BCUT2D eigenvalue weighted by Crippen LogP contribution is 2.47. The third-order valence-corrected chi connectivity index (χ3v) is 9.04. The quantitative estimate of drug-likeness (QED) is 0.175. The van der Waals surface area contributed by atoms with E-state index in [9.17, 15) is 19.8 Å². The summed E-state index contributed by atoms with van der Waals surface area (Å²) >= 11 is 0. The Labute approximate surface area is 284 Å². The van der Waals surface area contributed by atoms with Crippen LogP contribution in [0.2, 0.25) is 0 Å². The van der Waals surface area contributed by atoms with Gasteiger partial charge in [-0.15, -0.1) is 5.10 Å². The van der Waals surface area contributed by atoms with E-state index in [0.29, 0.717) is 41.3 Å². The molecule has 0 saturated heterocycles. The topological polar surface area (TPSA) is 132 Å². The van der Waals surface area contributed by atoms with Crippen LogP contribution < -0.4 is 19.9 Å². The molecular weight excluding hydrogens is 622 g/mol. The molecule has 11 heteroatoms. The summed E-state index contributed by atoms with van der Waals surface area (Å²) in [5.41, 5.74) is 1.97. The number of anilines is 1. The molecular formula is C38H39N5O6. The Kier molecular flexibility index (Phi) is 9.75. The number of amides is 1. The van der Waals surface area contributed by atoms with Gasteiger partial charge in [-0.3, -0.25) is 18.8 Å². The molecule has 0 bridgehead atoms. The van der Waals surface area contributed by atoms with E-state index < -0.39 is 17.4 Å². The maximum atomic E-state index is 14.2. The molecule has 252 valence electrons. The van der Waals surface area contributed by atoms with E-state index in [1.54, 1.807) is 53.2 Å². The van der Waals surface area contributed by atoms with E-state index in [2.05, 4.69) is 10.3 Å². The number of methoxy groups -OCH3 is 2. The van der Waals surface area contributed by atoms with Crippen LogP contribution in [0.3, 0.4) is 0 Å². The van der Waals surface area contributed by atoms with Crippen LogP contribution >= 0.6 is 0 Å². The van der Waals surface area contributed by atoms with Crippen molar-refractivity contribution in [3.05, 3.63) is 142 Å². The van der Waals surface area contributed by atoms with E-state index in [-0.39, 0.29) is 30.4 Å². The highest BCUT2D eigenvalue weighted by atomic mass is 16.5. The smallest absolute Gasteiger partial charge is 0.297 e. The zero-order valence-electron chi connectivity index (χ0n) is 27.6. The van der Waals surface area contributed by atoms with Crippen molar-refractivity contribution < 1.29 is 24.5 Å². The van der Waals surface area contributed by atoms with E-state index >= 15 is 0 Å². The highest BCUT2D eigenvalue weighted by molar-refractivity contribution is 6.07. The fourth-order valence-corrected chi connectivity index (χ4v) is 6.31. The van der Waals surface area contributed by atoms with Crippen LogP contribution in [0, 0.1) is 5.92 Å². The number of aliphatic hydroxyl groups excluding tert-OH is 1. The van der Waals surface area contributed by atoms with Crippen molar-refractivity contribution >= 4 is 11.6 Å². The van der Waals surface area contributed by atoms with Crippen molar-refractivity contribution in [1.29, 1.82) is 0 Å². The van der Waals surface area contributed by atoms with Gasteiger partial charge in [0.2, 0.25) is 0 Å². The lowest BCUT2D eigenvalue weighted by atomic mass is 9.83. The first-order valence-electron chi connectivity index (χ1n) is 16.1. The Hall–Kier alpha value is -5.52. The zero-order valence-corrected chi connectivity index (χ0v) is 27.6. The van der Waals surface area contributed by atoms with Gasteiger partial charge in [-0.25, -0.2) is 0 Å². The summed E-state index contributed by atoms with van der Waals surface area (Å²) in [7, 11) is 3.00. The molecule has 1 amide bonds. The van der Waals surface area contributed by atoms with Gasteiger partial charge in [0.15, 0.2) is 11.4 Å². The van der Waals surface area contributed by atoms with E-state index in [0.717, 1.165) is 11.1 Å². The molecule has 3 atom stereocenters. The number of aromatic nitrogens is 4. The van der Waals surface area contributed by atoms with Gasteiger partial charge in [0, 0.05) is 36.1 Å². The molecule has 1 aliphatic rings. The molecule has 3 aromatic carbocycles. The van der Waals surface area contributed by atoms with Gasteiger partial charge in [0.25, 0.3) is 11.5 Å². The van der Waals surface area contributed by atoms with Crippen molar-refractivity contribution in [2.24, 2.45) is 5.92 Å². The maximum Gasteiger partial charge on any atom is 0.297 e. The normalized spacial score (nSPS) is 16.9. The summed E-state index contributed by atoms with van der Waals surface area (Å²) in [5, 5.41) is 30.7. The van der Waals surface area contributed by atoms with Gasteiger partial charge in [-0.05, 0) is 60.0 Å². The number of pyridine rings is 1. The monoisotopic (exact) mass is 661 g/mol. The number of benzene rings is 3. The lowest BCUT2D eigenvalue weighted by Crippen LogP contribution is -2.44. The van der Waals surface area contributed by atoms with Gasteiger partial charge in [0.1, 0.15) is 5.75 Å². The van der Waals surface area contributed by atoms with Crippen LogP contribution in [0.5, 0.6) is 11.5 Å². The number of hydrogen-bond donors (Lipinski definition) is 2. The van der Waals surface area contributed by atoms with Crippen molar-refractivity contribution in [3.8, 4) is 17.2 Å². The molecule has 2 aromatic heterocycles. The fourth-order valence-electron chi connectivity index (χ4n) is 6.31. The first-order chi connectivity index (χ1) is 23.8. The number of rotatable bonds is 13. The lowest BCUT2D eigenvalue weighted by molar-refractivity contribution is -0.139. The maximum absolute atomic E-state index is 14.2. The molecule has 0 radical (unpaired) electrons. The highest BCUT2D eigenvalue weighted by Gasteiger charge is 2.52. The van der Waals surface area contributed by atoms with E-state index in [4.69, 9.17) is 9.47 Å². The van der Waals surface area contributed by atoms with Crippen LogP contribution in [0.4, 0.5) is 5.69 Å². The Balaban J connectivity index is 1.20. The molecule has 49 heavy (non-hydrogen) atoms. The standard InChI is InChI=1S/C38H39N5O6/c1-26(11-7-8-19-41-24-33(39-40-41)31(25-44)28-13-5-4-6-14-28)38(47)32-22-30(48-2)17-18-34(32)43(37(38)46)23-27-12-9-15-29(21-27)42-20-10-16-35(49-3)36(42)45/h4-7,9-18,20-22,24,26,31,44,47H,8,19,23,25H2,1-3H3/b11-7+/t26-,31?,38+/m1/s1.